The fourth-order valence-electron chi connectivity index (χ4n) is 3.66. The summed E-state index contributed by atoms with van der Waals surface area (Å²) in [4.78, 5) is 2.52. The third-order valence-electron chi connectivity index (χ3n) is 4.48. The van der Waals surface area contributed by atoms with Crippen molar-refractivity contribution in [3.05, 3.63) is 28.8 Å². The molecule has 0 aromatic heterocycles. The highest BCUT2D eigenvalue weighted by Crippen LogP contribution is 2.42. The molecule has 2 unspecified atom stereocenters. The highest BCUT2D eigenvalue weighted by Gasteiger charge is 2.37. The Morgan fingerprint density at radius 2 is 2.00 bits per heavy atom. The largest absolute Gasteiger partial charge is 0.369 e. The molecule has 0 spiro atoms. The van der Waals surface area contributed by atoms with Crippen LogP contribution in [0.15, 0.2) is 18.2 Å². The van der Waals surface area contributed by atoms with Crippen LogP contribution in [0.5, 0.6) is 0 Å². The van der Waals surface area contributed by atoms with E-state index in [4.69, 9.17) is 11.6 Å². The summed E-state index contributed by atoms with van der Waals surface area (Å²) < 4.78 is 0. The third-order valence-corrected chi connectivity index (χ3v) is 4.79. The summed E-state index contributed by atoms with van der Waals surface area (Å²) in [6.45, 7) is 3.29. The molecule has 3 rings (SSSR count). The molecule has 1 aromatic rings. The molecule has 0 radical (unpaired) electrons. The predicted octanol–water partition coefficient (Wildman–Crippen LogP) is 3.30. The number of halogens is 1. The van der Waals surface area contributed by atoms with E-state index in [2.05, 4.69) is 22.3 Å². The maximum Gasteiger partial charge on any atom is 0.0642 e. The fourth-order valence-corrected chi connectivity index (χ4v) is 3.98. The van der Waals surface area contributed by atoms with Crippen LogP contribution in [0.2, 0.25) is 5.02 Å². The standard InChI is InChI=1S/C15H21ClN2/c1-17-8-11-4-3-7-14(16)15(11)18-9-12-5-2-6-13(12)10-18/h3-4,7,12-13,17H,2,5-6,8-10H2,1H3. The van der Waals surface area contributed by atoms with E-state index in [0.29, 0.717) is 0 Å². The van der Waals surface area contributed by atoms with Crippen molar-refractivity contribution in [2.45, 2.75) is 25.8 Å². The van der Waals surface area contributed by atoms with Gasteiger partial charge in [-0.05, 0) is 43.4 Å². The van der Waals surface area contributed by atoms with E-state index in [1.807, 2.05) is 13.1 Å². The van der Waals surface area contributed by atoms with E-state index in [1.165, 1.54) is 43.6 Å². The number of rotatable bonds is 3. The molecule has 2 aliphatic rings. The first kappa shape index (κ1) is 12.3. The average Bonchev–Trinajstić information content (AvgIpc) is 2.90. The molecule has 1 saturated heterocycles. The molecule has 2 nitrogen and oxygen atoms in total. The Labute approximate surface area is 114 Å². The minimum Gasteiger partial charge on any atom is -0.369 e. The predicted molar refractivity (Wildman–Crippen MR) is 77.3 cm³/mol. The average molecular weight is 265 g/mol. The Bertz CT molecular complexity index is 421. The van der Waals surface area contributed by atoms with E-state index >= 15 is 0 Å². The molecule has 1 N–H and O–H groups in total. The van der Waals surface area contributed by atoms with E-state index in [0.717, 1.165) is 23.4 Å². The first-order chi connectivity index (χ1) is 8.79. The molecule has 98 valence electrons. The maximum atomic E-state index is 6.43. The van der Waals surface area contributed by atoms with Gasteiger partial charge in [-0.25, -0.2) is 0 Å². The van der Waals surface area contributed by atoms with Crippen LogP contribution >= 0.6 is 11.6 Å². The van der Waals surface area contributed by atoms with Crippen LogP contribution in [0, 0.1) is 11.8 Å². The quantitative estimate of drug-likeness (QED) is 0.901. The first-order valence-corrected chi connectivity index (χ1v) is 7.34. The Balaban J connectivity index is 1.87. The second-order valence-electron chi connectivity index (χ2n) is 5.63. The SMILES string of the molecule is CNCc1cccc(Cl)c1N1CC2CCCC2C1. The molecule has 1 aliphatic heterocycles. The lowest BCUT2D eigenvalue weighted by atomic mass is 10.0. The normalized spacial score (nSPS) is 26.7. The van der Waals surface area contributed by atoms with Crippen LogP contribution in [-0.2, 0) is 6.54 Å². The van der Waals surface area contributed by atoms with Crippen molar-refractivity contribution in [2.75, 3.05) is 25.0 Å². The van der Waals surface area contributed by atoms with E-state index in [1.54, 1.807) is 0 Å². The molecule has 1 saturated carbocycles. The van der Waals surface area contributed by atoms with Crippen LogP contribution in [0.25, 0.3) is 0 Å². The second-order valence-corrected chi connectivity index (χ2v) is 6.04. The smallest absolute Gasteiger partial charge is 0.0642 e. The molecule has 3 heteroatoms. The minimum absolute atomic E-state index is 0.891. The van der Waals surface area contributed by atoms with Crippen molar-refractivity contribution >= 4 is 17.3 Å². The number of anilines is 1. The van der Waals surface area contributed by atoms with Crippen LogP contribution in [0.4, 0.5) is 5.69 Å². The van der Waals surface area contributed by atoms with Crippen LogP contribution in [-0.4, -0.2) is 20.1 Å². The summed E-state index contributed by atoms with van der Waals surface area (Å²) in [7, 11) is 1.99. The van der Waals surface area contributed by atoms with Gasteiger partial charge in [0.15, 0.2) is 0 Å². The molecular weight excluding hydrogens is 244 g/mol. The minimum atomic E-state index is 0.891. The lowest BCUT2D eigenvalue weighted by Gasteiger charge is -2.24. The van der Waals surface area contributed by atoms with Crippen molar-refractivity contribution in [3.63, 3.8) is 0 Å². The van der Waals surface area contributed by atoms with Gasteiger partial charge >= 0.3 is 0 Å². The zero-order valence-electron chi connectivity index (χ0n) is 11.0. The highest BCUT2D eigenvalue weighted by molar-refractivity contribution is 6.33. The van der Waals surface area contributed by atoms with Gasteiger partial charge in [-0.1, -0.05) is 30.2 Å². The van der Waals surface area contributed by atoms with Gasteiger partial charge in [0.25, 0.3) is 0 Å². The van der Waals surface area contributed by atoms with E-state index in [-0.39, 0.29) is 0 Å². The molecule has 0 amide bonds. The van der Waals surface area contributed by atoms with E-state index < -0.39 is 0 Å². The van der Waals surface area contributed by atoms with Gasteiger partial charge in [-0.15, -0.1) is 0 Å². The van der Waals surface area contributed by atoms with Gasteiger partial charge in [-0.3, -0.25) is 0 Å². The Morgan fingerprint density at radius 3 is 2.67 bits per heavy atom. The van der Waals surface area contributed by atoms with Crippen molar-refractivity contribution in [1.82, 2.24) is 5.32 Å². The number of benzene rings is 1. The lowest BCUT2D eigenvalue weighted by molar-refractivity contribution is 0.494. The van der Waals surface area contributed by atoms with Gasteiger partial charge in [0, 0.05) is 19.6 Å². The highest BCUT2D eigenvalue weighted by atomic mass is 35.5. The monoisotopic (exact) mass is 264 g/mol. The zero-order valence-corrected chi connectivity index (χ0v) is 11.7. The van der Waals surface area contributed by atoms with Crippen LogP contribution in [0.3, 0.4) is 0 Å². The Morgan fingerprint density at radius 1 is 1.28 bits per heavy atom. The molecule has 2 fully saturated rings. The number of hydrogen-bond donors (Lipinski definition) is 1. The van der Waals surface area contributed by atoms with Gasteiger partial charge in [0.1, 0.15) is 0 Å². The molecule has 1 aliphatic carbocycles. The Kier molecular flexibility index (Phi) is 3.49. The van der Waals surface area contributed by atoms with Crippen molar-refractivity contribution in [1.29, 1.82) is 0 Å². The summed E-state index contributed by atoms with van der Waals surface area (Å²) in [6.07, 6.45) is 4.25. The van der Waals surface area contributed by atoms with Gasteiger partial charge in [-0.2, -0.15) is 0 Å². The van der Waals surface area contributed by atoms with Gasteiger partial charge in [0.05, 0.1) is 10.7 Å². The molecule has 0 bridgehead atoms. The zero-order chi connectivity index (χ0) is 12.5. The molecule has 1 aromatic carbocycles. The van der Waals surface area contributed by atoms with Gasteiger partial charge in [0.2, 0.25) is 0 Å². The number of nitrogens with zero attached hydrogens (tertiary/aromatic N) is 1. The number of hydrogen-bond acceptors (Lipinski definition) is 2. The summed E-state index contributed by atoms with van der Waals surface area (Å²) in [5.41, 5.74) is 2.59. The van der Waals surface area contributed by atoms with E-state index in [9.17, 15) is 0 Å². The summed E-state index contributed by atoms with van der Waals surface area (Å²) >= 11 is 6.43. The Hall–Kier alpha value is -0.730. The molecule has 18 heavy (non-hydrogen) atoms. The third kappa shape index (κ3) is 2.12. The van der Waals surface area contributed by atoms with Crippen LogP contribution < -0.4 is 10.2 Å². The number of para-hydroxylation sites is 1. The summed E-state index contributed by atoms with van der Waals surface area (Å²) in [5.74, 6) is 1.81. The first-order valence-electron chi connectivity index (χ1n) is 6.96. The second kappa shape index (κ2) is 5.10. The van der Waals surface area contributed by atoms with Crippen LogP contribution in [0.1, 0.15) is 24.8 Å². The van der Waals surface area contributed by atoms with Gasteiger partial charge < -0.3 is 10.2 Å². The lowest BCUT2D eigenvalue weighted by Crippen LogP contribution is -2.23. The number of fused-ring (bicyclic) bond motifs is 1. The molecular formula is C15H21ClN2. The molecule has 1 heterocycles. The maximum absolute atomic E-state index is 6.43. The van der Waals surface area contributed by atoms with Crippen molar-refractivity contribution in [2.24, 2.45) is 11.8 Å². The van der Waals surface area contributed by atoms with Crippen molar-refractivity contribution in [3.8, 4) is 0 Å². The summed E-state index contributed by atoms with van der Waals surface area (Å²) in [5, 5.41) is 4.15. The fraction of sp³-hybridized carbons (Fsp3) is 0.600. The summed E-state index contributed by atoms with van der Waals surface area (Å²) in [6, 6.07) is 6.26. The van der Waals surface area contributed by atoms with Crippen molar-refractivity contribution < 1.29 is 0 Å². The number of nitrogens with one attached hydrogen (secondary N) is 1. The molecule has 2 atom stereocenters. The topological polar surface area (TPSA) is 15.3 Å².